The van der Waals surface area contributed by atoms with Crippen LogP contribution in [0, 0.1) is 5.92 Å². The zero-order valence-electron chi connectivity index (χ0n) is 16.7. The van der Waals surface area contributed by atoms with Gasteiger partial charge in [0.1, 0.15) is 0 Å². The minimum Gasteiger partial charge on any atom is -0.352 e. The molecule has 1 aliphatic rings. The van der Waals surface area contributed by atoms with E-state index in [1.165, 1.54) is 16.4 Å². The van der Waals surface area contributed by atoms with Crippen molar-refractivity contribution >= 4 is 38.4 Å². The molecule has 0 aliphatic carbocycles. The second kappa shape index (κ2) is 8.82. The lowest BCUT2D eigenvalue weighted by Crippen LogP contribution is -2.45. The van der Waals surface area contributed by atoms with E-state index in [0.29, 0.717) is 41.9 Å². The van der Waals surface area contributed by atoms with Gasteiger partial charge in [-0.1, -0.05) is 29.8 Å². The summed E-state index contributed by atoms with van der Waals surface area (Å²) in [5.74, 6) is -0.612. The highest BCUT2D eigenvalue weighted by Gasteiger charge is 2.33. The number of nitrogens with zero attached hydrogens (tertiary/aromatic N) is 1. The highest BCUT2D eigenvalue weighted by atomic mass is 35.5. The number of amides is 1. The van der Waals surface area contributed by atoms with E-state index < -0.39 is 15.9 Å². The van der Waals surface area contributed by atoms with Gasteiger partial charge in [-0.3, -0.25) is 9.59 Å². The van der Waals surface area contributed by atoms with E-state index in [1.807, 2.05) is 18.2 Å². The molecule has 1 aromatic heterocycles. The molecule has 162 valence electrons. The molecule has 0 bridgehead atoms. The SMILES string of the molecule is O=C(NCc1ccccc1Cl)[C@@H]1CCCN(S(=O)(=O)c2ccc3[nH]c(=O)ccc3c2)C1. The molecule has 2 heterocycles. The number of carbonyl (C=O) groups excluding carboxylic acids is 1. The second-order valence-electron chi connectivity index (χ2n) is 7.58. The van der Waals surface area contributed by atoms with Gasteiger partial charge >= 0.3 is 0 Å². The first-order chi connectivity index (χ1) is 14.8. The Bertz CT molecular complexity index is 1290. The van der Waals surface area contributed by atoms with Crippen molar-refractivity contribution in [3.05, 3.63) is 75.5 Å². The summed E-state index contributed by atoms with van der Waals surface area (Å²) in [5.41, 5.74) is 1.14. The maximum Gasteiger partial charge on any atom is 0.248 e. The normalized spacial score (nSPS) is 17.5. The van der Waals surface area contributed by atoms with Crippen molar-refractivity contribution in [3.63, 3.8) is 0 Å². The molecule has 9 heteroatoms. The number of benzene rings is 2. The van der Waals surface area contributed by atoms with Crippen molar-refractivity contribution in [1.82, 2.24) is 14.6 Å². The lowest BCUT2D eigenvalue weighted by molar-refractivity contribution is -0.126. The number of hydrogen-bond donors (Lipinski definition) is 2. The van der Waals surface area contributed by atoms with Gasteiger partial charge in [0.05, 0.1) is 10.8 Å². The summed E-state index contributed by atoms with van der Waals surface area (Å²) in [4.78, 5) is 27.0. The number of hydrogen-bond acceptors (Lipinski definition) is 4. The first kappa shape index (κ1) is 21.5. The minimum atomic E-state index is -3.76. The lowest BCUT2D eigenvalue weighted by atomic mass is 9.99. The Morgan fingerprint density at radius 2 is 1.97 bits per heavy atom. The fraction of sp³-hybridized carbons (Fsp3) is 0.273. The van der Waals surface area contributed by atoms with Crippen LogP contribution in [0.3, 0.4) is 0 Å². The molecule has 2 aromatic carbocycles. The van der Waals surface area contributed by atoms with Crippen LogP contribution in [-0.2, 0) is 21.4 Å². The molecule has 1 amide bonds. The molecule has 0 unspecified atom stereocenters. The molecule has 4 rings (SSSR count). The van der Waals surface area contributed by atoms with Gasteiger partial charge in [-0.15, -0.1) is 0 Å². The number of rotatable bonds is 5. The molecule has 3 aromatic rings. The van der Waals surface area contributed by atoms with Gasteiger partial charge < -0.3 is 10.3 Å². The van der Waals surface area contributed by atoms with Gasteiger partial charge in [0.2, 0.25) is 21.5 Å². The number of piperidine rings is 1. The van der Waals surface area contributed by atoms with E-state index in [1.54, 1.807) is 24.3 Å². The Labute approximate surface area is 185 Å². The van der Waals surface area contributed by atoms with Crippen LogP contribution in [0.25, 0.3) is 10.9 Å². The quantitative estimate of drug-likeness (QED) is 0.612. The molecule has 0 radical (unpaired) electrons. The van der Waals surface area contributed by atoms with Crippen molar-refractivity contribution in [2.24, 2.45) is 5.92 Å². The van der Waals surface area contributed by atoms with Crippen LogP contribution in [0.15, 0.2) is 64.3 Å². The van der Waals surface area contributed by atoms with Gasteiger partial charge in [-0.05, 0) is 54.1 Å². The van der Waals surface area contributed by atoms with Crippen LogP contribution < -0.4 is 10.9 Å². The van der Waals surface area contributed by atoms with Crippen LogP contribution in [0.5, 0.6) is 0 Å². The number of H-pyrrole nitrogens is 1. The number of sulfonamides is 1. The fourth-order valence-corrected chi connectivity index (χ4v) is 5.55. The first-order valence-electron chi connectivity index (χ1n) is 9.99. The molecule has 0 spiro atoms. The van der Waals surface area contributed by atoms with E-state index >= 15 is 0 Å². The third kappa shape index (κ3) is 4.66. The van der Waals surface area contributed by atoms with Crippen LogP contribution in [0.1, 0.15) is 18.4 Å². The number of pyridine rings is 1. The molecule has 1 fully saturated rings. The predicted octanol–water partition coefficient (Wildman–Crippen LogP) is 2.90. The predicted molar refractivity (Wildman–Crippen MR) is 119 cm³/mol. The molecular weight excluding hydrogens is 438 g/mol. The van der Waals surface area contributed by atoms with Crippen LogP contribution in [0.2, 0.25) is 5.02 Å². The van der Waals surface area contributed by atoms with Gasteiger partial charge in [0.15, 0.2) is 0 Å². The highest BCUT2D eigenvalue weighted by Crippen LogP contribution is 2.26. The summed E-state index contributed by atoms with van der Waals surface area (Å²) in [6.07, 6.45) is 1.23. The molecule has 0 saturated carbocycles. The smallest absolute Gasteiger partial charge is 0.248 e. The molecule has 1 saturated heterocycles. The second-order valence-corrected chi connectivity index (χ2v) is 9.93. The first-order valence-corrected chi connectivity index (χ1v) is 11.8. The summed E-state index contributed by atoms with van der Waals surface area (Å²) in [6.45, 7) is 0.783. The molecular formula is C22H22ClN3O4S. The number of aromatic nitrogens is 1. The Morgan fingerprint density at radius 3 is 2.77 bits per heavy atom. The summed E-state index contributed by atoms with van der Waals surface area (Å²) in [7, 11) is -3.76. The van der Waals surface area contributed by atoms with Gasteiger partial charge in [0.25, 0.3) is 0 Å². The topological polar surface area (TPSA) is 99.3 Å². The van der Waals surface area contributed by atoms with Gasteiger partial charge in [0, 0.05) is 36.2 Å². The minimum absolute atomic E-state index is 0.125. The molecule has 1 atom stereocenters. The Kier molecular flexibility index (Phi) is 6.13. The van der Waals surface area contributed by atoms with Crippen molar-refractivity contribution in [3.8, 4) is 0 Å². The zero-order chi connectivity index (χ0) is 22.0. The molecule has 1 aliphatic heterocycles. The van der Waals surface area contributed by atoms with Crippen molar-refractivity contribution in [2.45, 2.75) is 24.3 Å². The van der Waals surface area contributed by atoms with Crippen molar-refractivity contribution in [2.75, 3.05) is 13.1 Å². The number of carbonyl (C=O) groups is 1. The van der Waals surface area contributed by atoms with Crippen molar-refractivity contribution < 1.29 is 13.2 Å². The Balaban J connectivity index is 1.48. The summed E-state index contributed by atoms with van der Waals surface area (Å²) in [6, 6.07) is 14.8. The van der Waals surface area contributed by atoms with Crippen LogP contribution in [-0.4, -0.2) is 36.7 Å². The Morgan fingerprint density at radius 1 is 1.16 bits per heavy atom. The largest absolute Gasteiger partial charge is 0.352 e. The summed E-state index contributed by atoms with van der Waals surface area (Å²) >= 11 is 6.14. The maximum absolute atomic E-state index is 13.2. The third-order valence-corrected chi connectivity index (χ3v) is 7.73. The highest BCUT2D eigenvalue weighted by molar-refractivity contribution is 7.89. The van der Waals surface area contributed by atoms with E-state index in [-0.39, 0.29) is 22.9 Å². The maximum atomic E-state index is 13.2. The molecule has 2 N–H and O–H groups in total. The van der Waals surface area contributed by atoms with E-state index in [4.69, 9.17) is 11.6 Å². The molecule has 31 heavy (non-hydrogen) atoms. The number of halogens is 1. The number of nitrogens with one attached hydrogen (secondary N) is 2. The van der Waals surface area contributed by atoms with E-state index in [9.17, 15) is 18.0 Å². The number of aromatic amines is 1. The monoisotopic (exact) mass is 459 g/mol. The summed E-state index contributed by atoms with van der Waals surface area (Å²) < 4.78 is 27.8. The number of fused-ring (bicyclic) bond motifs is 1. The van der Waals surface area contributed by atoms with E-state index in [2.05, 4.69) is 10.3 Å². The standard InChI is InChI=1S/C22H22ClN3O4S/c23-19-6-2-1-4-16(19)13-24-22(28)17-5-3-11-26(14-17)31(29,30)18-8-9-20-15(12-18)7-10-21(27)25-20/h1-2,4,6-10,12,17H,3,5,11,13-14H2,(H,24,28)(H,25,27)/t17-/m1/s1. The van der Waals surface area contributed by atoms with Crippen LogP contribution >= 0.6 is 11.6 Å². The third-order valence-electron chi connectivity index (χ3n) is 5.50. The lowest BCUT2D eigenvalue weighted by Gasteiger charge is -2.31. The van der Waals surface area contributed by atoms with Gasteiger partial charge in [-0.2, -0.15) is 4.31 Å². The average molecular weight is 460 g/mol. The fourth-order valence-electron chi connectivity index (χ4n) is 3.79. The molecule has 7 nitrogen and oxygen atoms in total. The van der Waals surface area contributed by atoms with Crippen LogP contribution in [0.4, 0.5) is 0 Å². The summed E-state index contributed by atoms with van der Waals surface area (Å²) in [5, 5.41) is 4.08. The average Bonchev–Trinajstić information content (AvgIpc) is 2.78. The Hall–Kier alpha value is -2.68. The van der Waals surface area contributed by atoms with E-state index in [0.717, 1.165) is 5.56 Å². The van der Waals surface area contributed by atoms with Crippen molar-refractivity contribution in [1.29, 1.82) is 0 Å². The van der Waals surface area contributed by atoms with Gasteiger partial charge in [-0.25, -0.2) is 8.42 Å². The zero-order valence-corrected chi connectivity index (χ0v) is 18.2.